The maximum atomic E-state index is 11.3. The Morgan fingerprint density at radius 1 is 1.22 bits per heavy atom. The molecular weight excluding hydrogens is 316 g/mol. The highest BCUT2D eigenvalue weighted by atomic mass is 35.5. The van der Waals surface area contributed by atoms with Crippen LogP contribution in [0, 0.1) is 0 Å². The third-order valence-corrected chi connectivity index (χ3v) is 3.67. The molecule has 2 rings (SSSR count). The number of nitrogens with one attached hydrogen (secondary N) is 1. The molecule has 1 unspecified atom stereocenters. The molecule has 6 nitrogen and oxygen atoms in total. The molecule has 7 heteroatoms. The molecule has 122 valence electrons. The van der Waals surface area contributed by atoms with Crippen LogP contribution >= 0.6 is 11.6 Å². The summed E-state index contributed by atoms with van der Waals surface area (Å²) < 4.78 is 4.59. The number of hydrogen-bond acceptors (Lipinski definition) is 6. The minimum absolute atomic E-state index is 0.148. The highest BCUT2D eigenvalue weighted by molar-refractivity contribution is 6.30. The molecule has 0 fully saturated rings. The summed E-state index contributed by atoms with van der Waals surface area (Å²) in [5.41, 5.74) is 1.32. The molecule has 23 heavy (non-hydrogen) atoms. The standard InChI is InChI=1S/C16H19ClN4O2/c1-21(2)14(11-4-6-12(17)7-5-11)10-18-15-9-8-13(19-20-15)16(22)23-3/h4-9,14H,10H2,1-3H3,(H,18,20). The maximum absolute atomic E-state index is 11.3. The molecule has 0 amide bonds. The molecule has 2 aromatic rings. The summed E-state index contributed by atoms with van der Waals surface area (Å²) in [5, 5.41) is 11.8. The molecule has 1 aromatic heterocycles. The van der Waals surface area contributed by atoms with Crippen LogP contribution in [0.3, 0.4) is 0 Å². The number of methoxy groups -OCH3 is 1. The van der Waals surface area contributed by atoms with Crippen LogP contribution in [-0.4, -0.2) is 48.8 Å². The summed E-state index contributed by atoms with van der Waals surface area (Å²) in [7, 11) is 5.32. The lowest BCUT2D eigenvalue weighted by atomic mass is 10.1. The molecule has 1 N–H and O–H groups in total. The zero-order valence-electron chi connectivity index (χ0n) is 13.3. The third kappa shape index (κ3) is 4.64. The van der Waals surface area contributed by atoms with Gasteiger partial charge in [0.1, 0.15) is 5.82 Å². The van der Waals surface area contributed by atoms with Crippen molar-refractivity contribution in [3.63, 3.8) is 0 Å². The monoisotopic (exact) mass is 334 g/mol. The number of halogens is 1. The fraction of sp³-hybridized carbons (Fsp3) is 0.312. The lowest BCUT2D eigenvalue weighted by Gasteiger charge is -2.25. The van der Waals surface area contributed by atoms with Gasteiger partial charge in [0, 0.05) is 11.6 Å². The number of ether oxygens (including phenoxy) is 1. The first-order valence-corrected chi connectivity index (χ1v) is 7.47. The summed E-state index contributed by atoms with van der Waals surface area (Å²) in [5.74, 6) is 0.0925. The van der Waals surface area contributed by atoms with Gasteiger partial charge in [-0.15, -0.1) is 10.2 Å². The van der Waals surface area contributed by atoms with Gasteiger partial charge in [0.15, 0.2) is 5.69 Å². The van der Waals surface area contributed by atoms with E-state index in [-0.39, 0.29) is 11.7 Å². The topological polar surface area (TPSA) is 67.3 Å². The average Bonchev–Trinajstić information content (AvgIpc) is 2.56. The molecule has 1 atom stereocenters. The number of aromatic nitrogens is 2. The van der Waals surface area contributed by atoms with Gasteiger partial charge in [0.05, 0.1) is 13.2 Å². The van der Waals surface area contributed by atoms with Crippen LogP contribution in [0.25, 0.3) is 0 Å². The van der Waals surface area contributed by atoms with Crippen LogP contribution in [0.4, 0.5) is 5.82 Å². The van der Waals surface area contributed by atoms with Crippen molar-refractivity contribution in [2.45, 2.75) is 6.04 Å². The van der Waals surface area contributed by atoms with E-state index in [0.29, 0.717) is 17.4 Å². The number of nitrogens with zero attached hydrogens (tertiary/aromatic N) is 3. The van der Waals surface area contributed by atoms with Crippen LogP contribution in [0.15, 0.2) is 36.4 Å². The molecule has 1 aromatic carbocycles. The van der Waals surface area contributed by atoms with Gasteiger partial charge in [-0.1, -0.05) is 23.7 Å². The van der Waals surface area contributed by atoms with E-state index in [2.05, 4.69) is 25.2 Å². The first-order chi connectivity index (χ1) is 11.0. The predicted molar refractivity (Wildman–Crippen MR) is 89.7 cm³/mol. The molecule has 0 saturated heterocycles. The van der Waals surface area contributed by atoms with Crippen LogP contribution in [0.2, 0.25) is 5.02 Å². The molecule has 0 aliphatic heterocycles. The van der Waals surface area contributed by atoms with Crippen LogP contribution in [0.5, 0.6) is 0 Å². The van der Waals surface area contributed by atoms with E-state index in [1.807, 2.05) is 38.4 Å². The second kappa shape index (κ2) is 7.89. The van der Waals surface area contributed by atoms with Crippen molar-refractivity contribution in [2.75, 3.05) is 33.1 Å². The number of esters is 1. The number of rotatable bonds is 6. The molecule has 0 aliphatic carbocycles. The van der Waals surface area contributed by atoms with Crippen molar-refractivity contribution in [1.29, 1.82) is 0 Å². The lowest BCUT2D eigenvalue weighted by molar-refractivity contribution is 0.0593. The first kappa shape index (κ1) is 17.2. The van der Waals surface area contributed by atoms with Gasteiger partial charge in [0.25, 0.3) is 0 Å². The quantitative estimate of drug-likeness (QED) is 0.819. The van der Waals surface area contributed by atoms with Gasteiger partial charge in [-0.05, 0) is 43.9 Å². The molecule has 0 spiro atoms. The number of benzene rings is 1. The predicted octanol–water partition coefficient (Wildman–Crippen LogP) is 2.63. The van der Waals surface area contributed by atoms with Crippen molar-refractivity contribution < 1.29 is 9.53 Å². The summed E-state index contributed by atoms with van der Waals surface area (Å²) in [6, 6.07) is 11.2. The van der Waals surface area contributed by atoms with E-state index in [1.54, 1.807) is 12.1 Å². The lowest BCUT2D eigenvalue weighted by Crippen LogP contribution is -2.27. The zero-order valence-corrected chi connectivity index (χ0v) is 14.0. The number of carbonyl (C=O) groups excluding carboxylic acids is 1. The van der Waals surface area contributed by atoms with Crippen molar-refractivity contribution >= 4 is 23.4 Å². The fourth-order valence-electron chi connectivity index (χ4n) is 2.12. The molecule has 0 radical (unpaired) electrons. The number of carbonyl (C=O) groups is 1. The van der Waals surface area contributed by atoms with E-state index in [4.69, 9.17) is 11.6 Å². The van der Waals surface area contributed by atoms with Gasteiger partial charge >= 0.3 is 5.97 Å². The first-order valence-electron chi connectivity index (χ1n) is 7.09. The second-order valence-corrected chi connectivity index (χ2v) is 5.64. The van der Waals surface area contributed by atoms with E-state index >= 15 is 0 Å². The highest BCUT2D eigenvalue weighted by Gasteiger charge is 2.14. The normalized spacial score (nSPS) is 12.0. The Morgan fingerprint density at radius 3 is 2.43 bits per heavy atom. The van der Waals surface area contributed by atoms with E-state index in [1.165, 1.54) is 7.11 Å². The Hall–Kier alpha value is -2.18. The van der Waals surface area contributed by atoms with Crippen molar-refractivity contribution in [2.24, 2.45) is 0 Å². The van der Waals surface area contributed by atoms with Gasteiger partial charge in [-0.3, -0.25) is 0 Å². The van der Waals surface area contributed by atoms with E-state index < -0.39 is 5.97 Å². The molecule has 0 bridgehead atoms. The second-order valence-electron chi connectivity index (χ2n) is 5.21. The minimum Gasteiger partial charge on any atom is -0.464 e. The average molecular weight is 335 g/mol. The smallest absolute Gasteiger partial charge is 0.358 e. The van der Waals surface area contributed by atoms with Crippen LogP contribution in [-0.2, 0) is 4.74 Å². The zero-order chi connectivity index (χ0) is 16.8. The van der Waals surface area contributed by atoms with Gasteiger partial charge in [0.2, 0.25) is 0 Å². The Kier molecular flexibility index (Phi) is 5.90. The Balaban J connectivity index is 2.04. The fourth-order valence-corrected chi connectivity index (χ4v) is 2.25. The summed E-state index contributed by atoms with van der Waals surface area (Å²) in [4.78, 5) is 13.4. The Labute approximate surface area is 140 Å². The Morgan fingerprint density at radius 2 is 1.91 bits per heavy atom. The Bertz CT molecular complexity index is 644. The number of likely N-dealkylation sites (N-methyl/N-ethyl adjacent to an activating group) is 1. The van der Waals surface area contributed by atoms with Crippen LogP contribution in [0.1, 0.15) is 22.1 Å². The SMILES string of the molecule is COC(=O)c1ccc(NCC(c2ccc(Cl)cc2)N(C)C)nn1. The molecular formula is C16H19ClN4O2. The van der Waals surface area contributed by atoms with Gasteiger partial charge in [-0.25, -0.2) is 4.79 Å². The molecule has 0 saturated carbocycles. The number of hydrogen-bond donors (Lipinski definition) is 1. The summed E-state index contributed by atoms with van der Waals surface area (Å²) >= 11 is 5.94. The van der Waals surface area contributed by atoms with Crippen molar-refractivity contribution in [1.82, 2.24) is 15.1 Å². The molecule has 0 aliphatic rings. The van der Waals surface area contributed by atoms with Crippen molar-refractivity contribution in [3.05, 3.63) is 52.7 Å². The third-order valence-electron chi connectivity index (χ3n) is 3.41. The van der Waals surface area contributed by atoms with Crippen LogP contribution < -0.4 is 5.32 Å². The minimum atomic E-state index is -0.503. The highest BCUT2D eigenvalue weighted by Crippen LogP contribution is 2.21. The van der Waals surface area contributed by atoms with E-state index in [9.17, 15) is 4.79 Å². The largest absolute Gasteiger partial charge is 0.464 e. The number of anilines is 1. The van der Waals surface area contributed by atoms with Crippen molar-refractivity contribution in [3.8, 4) is 0 Å². The molecule has 1 heterocycles. The van der Waals surface area contributed by atoms with E-state index in [0.717, 1.165) is 5.56 Å². The summed E-state index contributed by atoms with van der Waals surface area (Å²) in [6.07, 6.45) is 0. The summed E-state index contributed by atoms with van der Waals surface area (Å²) in [6.45, 7) is 0.640. The van der Waals surface area contributed by atoms with Gasteiger partial charge < -0.3 is 15.0 Å². The van der Waals surface area contributed by atoms with Gasteiger partial charge in [-0.2, -0.15) is 0 Å². The maximum Gasteiger partial charge on any atom is 0.358 e.